The van der Waals surface area contributed by atoms with Gasteiger partial charge in [0.2, 0.25) is 0 Å². The van der Waals surface area contributed by atoms with Gasteiger partial charge in [-0.1, -0.05) is 48.5 Å². The van der Waals surface area contributed by atoms with Crippen molar-refractivity contribution in [3.05, 3.63) is 78.6 Å². The highest BCUT2D eigenvalue weighted by Crippen LogP contribution is 2.09. The largest absolute Gasteiger partial charge is 0.204 e. The average Bonchev–Trinajstić information content (AvgIpc) is 2.46. The summed E-state index contributed by atoms with van der Waals surface area (Å²) >= 11 is 0. The SMILES string of the molecule is c1ccc(CC[n+]2ccc3ccccc3c2)cc1. The first kappa shape index (κ1) is 11.0. The lowest BCUT2D eigenvalue weighted by Gasteiger charge is -2.00. The Morgan fingerprint density at radius 1 is 0.722 bits per heavy atom. The monoisotopic (exact) mass is 234 g/mol. The highest BCUT2D eigenvalue weighted by Gasteiger charge is 2.02. The van der Waals surface area contributed by atoms with Gasteiger partial charge in [-0.05, 0) is 17.0 Å². The van der Waals surface area contributed by atoms with Crippen LogP contribution in [-0.4, -0.2) is 0 Å². The van der Waals surface area contributed by atoms with Crippen molar-refractivity contribution < 1.29 is 4.57 Å². The first-order valence-corrected chi connectivity index (χ1v) is 6.33. The zero-order chi connectivity index (χ0) is 12.2. The molecule has 0 unspecified atom stereocenters. The number of aromatic nitrogens is 1. The molecule has 0 saturated carbocycles. The summed E-state index contributed by atoms with van der Waals surface area (Å²) in [5, 5.41) is 2.60. The number of aryl methyl sites for hydroxylation is 2. The van der Waals surface area contributed by atoms with E-state index >= 15 is 0 Å². The molecular formula is C17H16N+. The van der Waals surface area contributed by atoms with Gasteiger partial charge in [-0.2, -0.15) is 0 Å². The van der Waals surface area contributed by atoms with E-state index in [1.54, 1.807) is 0 Å². The van der Waals surface area contributed by atoms with Gasteiger partial charge >= 0.3 is 0 Å². The second-order valence-corrected chi connectivity index (χ2v) is 4.55. The third-order valence-electron chi connectivity index (χ3n) is 3.25. The number of pyridine rings is 1. The lowest BCUT2D eigenvalue weighted by Crippen LogP contribution is -2.33. The molecule has 88 valence electrons. The Hall–Kier alpha value is -2.15. The lowest BCUT2D eigenvalue weighted by atomic mass is 10.1. The normalized spacial score (nSPS) is 10.7. The summed E-state index contributed by atoms with van der Waals surface area (Å²) in [7, 11) is 0. The van der Waals surface area contributed by atoms with Gasteiger partial charge in [0.1, 0.15) is 0 Å². The number of nitrogens with zero attached hydrogens (tertiary/aromatic N) is 1. The summed E-state index contributed by atoms with van der Waals surface area (Å²) < 4.78 is 2.26. The third-order valence-corrected chi connectivity index (χ3v) is 3.25. The Morgan fingerprint density at radius 3 is 2.28 bits per heavy atom. The van der Waals surface area contributed by atoms with Crippen molar-refractivity contribution in [3.63, 3.8) is 0 Å². The molecule has 0 fully saturated rings. The van der Waals surface area contributed by atoms with Gasteiger partial charge in [0.15, 0.2) is 18.9 Å². The van der Waals surface area contributed by atoms with E-state index < -0.39 is 0 Å². The van der Waals surface area contributed by atoms with Crippen LogP contribution >= 0.6 is 0 Å². The topological polar surface area (TPSA) is 3.88 Å². The van der Waals surface area contributed by atoms with Gasteiger partial charge in [-0.25, -0.2) is 4.57 Å². The van der Waals surface area contributed by atoms with Gasteiger partial charge in [-0.3, -0.25) is 0 Å². The number of benzene rings is 2. The lowest BCUT2D eigenvalue weighted by molar-refractivity contribution is -0.695. The van der Waals surface area contributed by atoms with Crippen molar-refractivity contribution in [2.24, 2.45) is 0 Å². The van der Waals surface area contributed by atoms with Crippen LogP contribution in [0.5, 0.6) is 0 Å². The smallest absolute Gasteiger partial charge is 0.176 e. The first-order valence-electron chi connectivity index (χ1n) is 6.33. The van der Waals surface area contributed by atoms with E-state index in [1.807, 2.05) is 0 Å². The Balaban J connectivity index is 1.79. The van der Waals surface area contributed by atoms with E-state index in [1.165, 1.54) is 16.3 Å². The van der Waals surface area contributed by atoms with E-state index in [9.17, 15) is 0 Å². The van der Waals surface area contributed by atoms with Crippen molar-refractivity contribution in [2.45, 2.75) is 13.0 Å². The molecule has 0 atom stereocenters. The second-order valence-electron chi connectivity index (χ2n) is 4.55. The molecule has 1 nitrogen and oxygen atoms in total. The summed E-state index contributed by atoms with van der Waals surface area (Å²) in [5.41, 5.74) is 1.39. The summed E-state index contributed by atoms with van der Waals surface area (Å²) in [6.45, 7) is 1.02. The van der Waals surface area contributed by atoms with Crippen LogP contribution in [0.4, 0.5) is 0 Å². The van der Waals surface area contributed by atoms with Crippen molar-refractivity contribution >= 4 is 10.8 Å². The molecule has 0 aliphatic rings. The van der Waals surface area contributed by atoms with Gasteiger partial charge in [-0.15, -0.1) is 0 Å². The molecule has 18 heavy (non-hydrogen) atoms. The van der Waals surface area contributed by atoms with Gasteiger partial charge < -0.3 is 0 Å². The second kappa shape index (κ2) is 5.01. The van der Waals surface area contributed by atoms with Crippen LogP contribution < -0.4 is 4.57 Å². The molecule has 2 aromatic carbocycles. The Labute approximate surface area is 107 Å². The van der Waals surface area contributed by atoms with Crippen LogP contribution in [0.1, 0.15) is 5.56 Å². The van der Waals surface area contributed by atoms with Crippen LogP contribution in [-0.2, 0) is 13.0 Å². The molecule has 0 aliphatic heterocycles. The van der Waals surface area contributed by atoms with Gasteiger partial charge in [0.25, 0.3) is 0 Å². The number of hydrogen-bond donors (Lipinski definition) is 0. The molecule has 3 rings (SSSR count). The minimum Gasteiger partial charge on any atom is -0.204 e. The zero-order valence-electron chi connectivity index (χ0n) is 10.3. The van der Waals surface area contributed by atoms with Gasteiger partial charge in [0.05, 0.1) is 0 Å². The van der Waals surface area contributed by atoms with Crippen LogP contribution in [0, 0.1) is 0 Å². The predicted molar refractivity (Wildman–Crippen MR) is 74.3 cm³/mol. The maximum Gasteiger partial charge on any atom is 0.176 e. The minimum absolute atomic E-state index is 1.02. The van der Waals surface area contributed by atoms with Crippen LogP contribution in [0.3, 0.4) is 0 Å². The number of fused-ring (bicyclic) bond motifs is 1. The summed E-state index contributed by atoms with van der Waals surface area (Å²) in [4.78, 5) is 0. The summed E-state index contributed by atoms with van der Waals surface area (Å²) in [5.74, 6) is 0. The fourth-order valence-corrected chi connectivity index (χ4v) is 2.22. The molecule has 0 bridgehead atoms. The van der Waals surface area contributed by atoms with Crippen LogP contribution in [0.25, 0.3) is 10.8 Å². The predicted octanol–water partition coefficient (Wildman–Crippen LogP) is 3.37. The molecule has 0 radical (unpaired) electrons. The van der Waals surface area contributed by atoms with E-state index in [0.717, 1.165) is 13.0 Å². The molecule has 0 N–H and O–H groups in total. The fraction of sp³-hybridized carbons (Fsp3) is 0.118. The number of hydrogen-bond acceptors (Lipinski definition) is 0. The third kappa shape index (κ3) is 2.40. The quantitative estimate of drug-likeness (QED) is 0.612. The van der Waals surface area contributed by atoms with E-state index in [-0.39, 0.29) is 0 Å². The molecule has 1 heterocycles. The average molecular weight is 234 g/mol. The molecule has 1 heteroatoms. The highest BCUT2D eigenvalue weighted by atomic mass is 14.9. The Morgan fingerprint density at radius 2 is 1.44 bits per heavy atom. The number of rotatable bonds is 3. The van der Waals surface area contributed by atoms with Crippen molar-refractivity contribution in [1.29, 1.82) is 0 Å². The highest BCUT2D eigenvalue weighted by molar-refractivity contribution is 5.80. The Kier molecular flexibility index (Phi) is 3.05. The van der Waals surface area contributed by atoms with E-state index in [2.05, 4.69) is 77.6 Å². The first-order chi connectivity index (χ1) is 8.92. The van der Waals surface area contributed by atoms with Crippen LogP contribution in [0.2, 0.25) is 0 Å². The van der Waals surface area contributed by atoms with Crippen LogP contribution in [0.15, 0.2) is 73.1 Å². The van der Waals surface area contributed by atoms with E-state index in [4.69, 9.17) is 0 Å². The Bertz CT molecular complexity index is 644. The molecule has 0 spiro atoms. The summed E-state index contributed by atoms with van der Waals surface area (Å²) in [6.07, 6.45) is 5.45. The molecule has 0 aliphatic carbocycles. The minimum atomic E-state index is 1.02. The summed E-state index contributed by atoms with van der Waals surface area (Å²) in [6, 6.07) is 21.3. The molecule has 1 aromatic heterocycles. The van der Waals surface area contributed by atoms with Crippen molar-refractivity contribution in [2.75, 3.05) is 0 Å². The molecule has 0 amide bonds. The van der Waals surface area contributed by atoms with Gasteiger partial charge in [0, 0.05) is 17.9 Å². The zero-order valence-corrected chi connectivity index (χ0v) is 10.3. The maximum atomic E-state index is 2.26. The molecule has 0 saturated heterocycles. The molecular weight excluding hydrogens is 218 g/mol. The maximum absolute atomic E-state index is 2.26. The van der Waals surface area contributed by atoms with Crippen molar-refractivity contribution in [3.8, 4) is 0 Å². The fourth-order valence-electron chi connectivity index (χ4n) is 2.22. The van der Waals surface area contributed by atoms with Crippen molar-refractivity contribution in [1.82, 2.24) is 0 Å². The van der Waals surface area contributed by atoms with E-state index in [0.29, 0.717) is 0 Å². The molecule has 3 aromatic rings. The standard InChI is InChI=1S/C17H16N/c1-2-6-15(7-3-1)10-12-18-13-11-16-8-4-5-9-17(16)14-18/h1-9,11,13-14H,10,12H2/q+1.